The number of halogens is 2. The molecule has 0 aliphatic rings. The van der Waals surface area contributed by atoms with Gasteiger partial charge >= 0.3 is 0 Å². The lowest BCUT2D eigenvalue weighted by Gasteiger charge is -2.06. The van der Waals surface area contributed by atoms with Crippen molar-refractivity contribution in [2.75, 3.05) is 0 Å². The molecule has 0 aliphatic carbocycles. The molecule has 92 valence electrons. The second kappa shape index (κ2) is 5.32. The van der Waals surface area contributed by atoms with E-state index in [1.54, 1.807) is 24.3 Å². The average molecular weight is 329 g/mol. The summed E-state index contributed by atoms with van der Waals surface area (Å²) in [5.74, 6) is 0.310. The second-order valence-electron chi connectivity index (χ2n) is 3.28. The molecule has 18 heavy (non-hydrogen) atoms. The van der Waals surface area contributed by atoms with Crippen molar-refractivity contribution < 1.29 is 9.53 Å². The van der Waals surface area contributed by atoms with E-state index in [0.717, 1.165) is 0 Å². The van der Waals surface area contributed by atoms with E-state index in [2.05, 4.69) is 25.9 Å². The van der Waals surface area contributed by atoms with Crippen molar-refractivity contribution in [3.8, 4) is 11.6 Å². The minimum atomic E-state index is -0.493. The number of carbonyl (C=O) groups excluding carboxylic acids is 1. The minimum absolute atomic E-state index is 0.0851. The van der Waals surface area contributed by atoms with Gasteiger partial charge in [-0.05, 0) is 51.8 Å². The molecule has 0 aliphatic heterocycles. The van der Waals surface area contributed by atoms with Crippen LogP contribution in [0.25, 0.3) is 0 Å². The van der Waals surface area contributed by atoms with Crippen molar-refractivity contribution in [2.24, 2.45) is 5.73 Å². The summed E-state index contributed by atoms with van der Waals surface area (Å²) in [7, 11) is 0. The third-order valence-corrected chi connectivity index (χ3v) is 2.76. The van der Waals surface area contributed by atoms with E-state index < -0.39 is 5.91 Å². The molecule has 0 radical (unpaired) electrons. The molecule has 5 nitrogen and oxygen atoms in total. The summed E-state index contributed by atoms with van der Waals surface area (Å²) >= 11 is 8.91. The quantitative estimate of drug-likeness (QED) is 0.879. The van der Waals surface area contributed by atoms with Crippen LogP contribution in [0.15, 0.2) is 34.9 Å². The van der Waals surface area contributed by atoms with E-state index >= 15 is 0 Å². The van der Waals surface area contributed by atoms with Gasteiger partial charge in [-0.1, -0.05) is 0 Å². The number of rotatable bonds is 3. The third kappa shape index (κ3) is 2.96. The van der Waals surface area contributed by atoms with Gasteiger partial charge in [0.25, 0.3) is 0 Å². The van der Waals surface area contributed by atoms with Gasteiger partial charge in [-0.25, -0.2) is 4.98 Å². The fraction of sp³-hybridized carbons (Fsp3) is 0. The summed E-state index contributed by atoms with van der Waals surface area (Å²) in [6.45, 7) is 0. The number of benzene rings is 1. The fourth-order valence-electron chi connectivity index (χ4n) is 1.20. The standard InChI is InChI=1S/C11H7BrClN3O2/c12-8-5-15-11(13)16-10(8)18-7-3-1-6(2-4-7)9(14)17/h1-5H,(H2,14,17). The Kier molecular flexibility index (Phi) is 3.78. The van der Waals surface area contributed by atoms with Crippen LogP contribution < -0.4 is 10.5 Å². The Morgan fingerprint density at radius 2 is 2.00 bits per heavy atom. The Morgan fingerprint density at radius 1 is 1.33 bits per heavy atom. The zero-order valence-electron chi connectivity index (χ0n) is 8.93. The Bertz CT molecular complexity index is 589. The molecule has 2 aromatic rings. The number of primary amides is 1. The molecule has 0 unspecified atom stereocenters. The van der Waals surface area contributed by atoms with Crippen molar-refractivity contribution in [1.82, 2.24) is 9.97 Å². The first-order valence-electron chi connectivity index (χ1n) is 4.82. The maximum absolute atomic E-state index is 10.9. The lowest BCUT2D eigenvalue weighted by Crippen LogP contribution is -2.10. The molecule has 0 spiro atoms. The molecule has 1 aromatic heterocycles. The molecule has 0 bridgehead atoms. The normalized spacial score (nSPS) is 10.1. The van der Waals surface area contributed by atoms with Crippen LogP contribution in [-0.4, -0.2) is 15.9 Å². The number of carbonyl (C=O) groups is 1. The number of hydrogen-bond acceptors (Lipinski definition) is 4. The highest BCUT2D eigenvalue weighted by Gasteiger charge is 2.07. The van der Waals surface area contributed by atoms with Gasteiger partial charge < -0.3 is 10.5 Å². The largest absolute Gasteiger partial charge is 0.438 e. The van der Waals surface area contributed by atoms with Crippen LogP contribution in [0, 0.1) is 0 Å². The van der Waals surface area contributed by atoms with Crippen LogP contribution in [-0.2, 0) is 0 Å². The van der Waals surface area contributed by atoms with Crippen molar-refractivity contribution >= 4 is 33.4 Å². The smallest absolute Gasteiger partial charge is 0.248 e. The molecule has 1 amide bonds. The number of ether oxygens (including phenoxy) is 1. The molecule has 0 saturated carbocycles. The number of aromatic nitrogens is 2. The second-order valence-corrected chi connectivity index (χ2v) is 4.48. The summed E-state index contributed by atoms with van der Waals surface area (Å²) in [6, 6.07) is 6.35. The van der Waals surface area contributed by atoms with E-state index in [1.165, 1.54) is 6.20 Å². The SMILES string of the molecule is NC(=O)c1ccc(Oc2nc(Cl)ncc2Br)cc1. The van der Waals surface area contributed by atoms with Gasteiger partial charge in [0, 0.05) is 11.8 Å². The highest BCUT2D eigenvalue weighted by molar-refractivity contribution is 9.10. The number of nitrogens with zero attached hydrogens (tertiary/aromatic N) is 2. The van der Waals surface area contributed by atoms with Crippen molar-refractivity contribution in [2.45, 2.75) is 0 Å². The van der Waals surface area contributed by atoms with Crippen molar-refractivity contribution in [3.63, 3.8) is 0 Å². The molecule has 2 N–H and O–H groups in total. The van der Waals surface area contributed by atoms with Crippen LogP contribution >= 0.6 is 27.5 Å². The molecule has 2 rings (SSSR count). The van der Waals surface area contributed by atoms with Crippen LogP contribution in [0.4, 0.5) is 0 Å². The van der Waals surface area contributed by atoms with Gasteiger partial charge in [0.1, 0.15) is 5.75 Å². The van der Waals surface area contributed by atoms with E-state index in [-0.39, 0.29) is 5.28 Å². The molecule has 0 atom stereocenters. The van der Waals surface area contributed by atoms with E-state index in [0.29, 0.717) is 21.7 Å². The van der Waals surface area contributed by atoms with Gasteiger partial charge in [-0.3, -0.25) is 4.79 Å². The minimum Gasteiger partial charge on any atom is -0.438 e. The third-order valence-electron chi connectivity index (χ3n) is 2.04. The summed E-state index contributed by atoms with van der Waals surface area (Å²) in [4.78, 5) is 18.6. The lowest BCUT2D eigenvalue weighted by molar-refractivity contribution is 0.100. The highest BCUT2D eigenvalue weighted by Crippen LogP contribution is 2.27. The number of amides is 1. The lowest BCUT2D eigenvalue weighted by atomic mass is 10.2. The first-order valence-corrected chi connectivity index (χ1v) is 5.99. The Balaban J connectivity index is 2.23. The van der Waals surface area contributed by atoms with Crippen molar-refractivity contribution in [1.29, 1.82) is 0 Å². The Hall–Kier alpha value is -1.66. The fourth-order valence-corrected chi connectivity index (χ4v) is 1.60. The monoisotopic (exact) mass is 327 g/mol. The van der Waals surface area contributed by atoms with E-state index in [4.69, 9.17) is 22.1 Å². The maximum Gasteiger partial charge on any atom is 0.248 e. The topological polar surface area (TPSA) is 78.1 Å². The zero-order chi connectivity index (χ0) is 13.1. The summed E-state index contributed by atoms with van der Waals surface area (Å²) < 4.78 is 6.07. The molecule has 0 saturated heterocycles. The average Bonchev–Trinajstić information content (AvgIpc) is 2.34. The predicted octanol–water partition coefficient (Wildman–Crippen LogP) is 2.78. The summed E-state index contributed by atoms with van der Waals surface area (Å²) in [5, 5.41) is 0.0851. The molecule has 7 heteroatoms. The molecule has 1 aromatic carbocycles. The first-order chi connectivity index (χ1) is 8.56. The summed E-state index contributed by atoms with van der Waals surface area (Å²) in [5.41, 5.74) is 5.54. The first kappa shape index (κ1) is 12.8. The van der Waals surface area contributed by atoms with Crippen molar-refractivity contribution in [3.05, 3.63) is 45.8 Å². The highest BCUT2D eigenvalue weighted by atomic mass is 79.9. The number of nitrogens with two attached hydrogens (primary N) is 1. The molecule has 1 heterocycles. The van der Waals surface area contributed by atoms with Gasteiger partial charge in [-0.2, -0.15) is 4.98 Å². The summed E-state index contributed by atoms with van der Waals surface area (Å²) in [6.07, 6.45) is 1.49. The Labute approximate surface area is 116 Å². The van der Waals surface area contributed by atoms with Crippen LogP contribution in [0.3, 0.4) is 0 Å². The van der Waals surface area contributed by atoms with Gasteiger partial charge in [0.15, 0.2) is 0 Å². The maximum atomic E-state index is 10.9. The zero-order valence-corrected chi connectivity index (χ0v) is 11.3. The van der Waals surface area contributed by atoms with Crippen LogP contribution in [0.1, 0.15) is 10.4 Å². The Morgan fingerprint density at radius 3 is 2.61 bits per heavy atom. The van der Waals surface area contributed by atoms with Crippen LogP contribution in [0.2, 0.25) is 5.28 Å². The number of hydrogen-bond donors (Lipinski definition) is 1. The van der Waals surface area contributed by atoms with Crippen LogP contribution in [0.5, 0.6) is 11.6 Å². The molecule has 0 fully saturated rings. The van der Waals surface area contributed by atoms with E-state index in [1.807, 2.05) is 0 Å². The van der Waals surface area contributed by atoms with Gasteiger partial charge in [0.05, 0.1) is 4.47 Å². The van der Waals surface area contributed by atoms with Gasteiger partial charge in [0.2, 0.25) is 17.1 Å². The predicted molar refractivity (Wildman–Crippen MR) is 69.8 cm³/mol. The molecular weight excluding hydrogens is 321 g/mol. The van der Waals surface area contributed by atoms with E-state index in [9.17, 15) is 4.79 Å². The molecular formula is C11H7BrClN3O2. The van der Waals surface area contributed by atoms with Gasteiger partial charge in [-0.15, -0.1) is 0 Å².